The van der Waals surface area contributed by atoms with E-state index >= 15 is 0 Å². The van der Waals surface area contributed by atoms with Gasteiger partial charge in [0.05, 0.1) is 24.2 Å². The highest BCUT2D eigenvalue weighted by Crippen LogP contribution is 2.26. The van der Waals surface area contributed by atoms with E-state index in [9.17, 15) is 0 Å². The van der Waals surface area contributed by atoms with Gasteiger partial charge in [-0.25, -0.2) is 4.68 Å². The highest BCUT2D eigenvalue weighted by Gasteiger charge is 2.10. The lowest BCUT2D eigenvalue weighted by Gasteiger charge is -2.08. The van der Waals surface area contributed by atoms with Gasteiger partial charge >= 0.3 is 0 Å². The lowest BCUT2D eigenvalue weighted by atomic mass is 10.1. The molecule has 0 aliphatic heterocycles. The van der Waals surface area contributed by atoms with Crippen molar-refractivity contribution in [3.63, 3.8) is 0 Å². The Morgan fingerprint density at radius 1 is 0.778 bits per heavy atom. The van der Waals surface area contributed by atoms with Crippen LogP contribution in [0.15, 0.2) is 91.0 Å². The summed E-state index contributed by atoms with van der Waals surface area (Å²) in [4.78, 5) is 0. The second-order valence-electron chi connectivity index (χ2n) is 6.17. The van der Waals surface area contributed by atoms with E-state index in [2.05, 4.69) is 48.5 Å². The minimum absolute atomic E-state index is 0.841. The molecule has 132 valence electrons. The van der Waals surface area contributed by atoms with Crippen molar-refractivity contribution in [1.29, 1.82) is 0 Å². The van der Waals surface area contributed by atoms with Crippen molar-refractivity contribution in [2.75, 3.05) is 7.11 Å². The average molecular weight is 352 g/mol. The zero-order chi connectivity index (χ0) is 18.5. The minimum atomic E-state index is 0.841. The van der Waals surface area contributed by atoms with Crippen LogP contribution in [0.1, 0.15) is 11.3 Å². The van der Waals surface area contributed by atoms with Gasteiger partial charge in [-0.05, 0) is 54.1 Å². The summed E-state index contributed by atoms with van der Waals surface area (Å²) < 4.78 is 7.26. The molecule has 0 aliphatic carbocycles. The van der Waals surface area contributed by atoms with Crippen LogP contribution in [0.2, 0.25) is 0 Å². The number of hydrogen-bond donors (Lipinski definition) is 0. The van der Waals surface area contributed by atoms with Gasteiger partial charge in [-0.2, -0.15) is 5.10 Å². The van der Waals surface area contributed by atoms with Crippen LogP contribution >= 0.6 is 0 Å². The molecule has 0 spiro atoms. The molecule has 3 aromatic carbocycles. The summed E-state index contributed by atoms with van der Waals surface area (Å²) in [6, 6.07) is 30.6. The Hall–Kier alpha value is -3.59. The van der Waals surface area contributed by atoms with E-state index in [0.717, 1.165) is 34.0 Å². The molecule has 1 aromatic heterocycles. The molecule has 4 aromatic rings. The van der Waals surface area contributed by atoms with Gasteiger partial charge < -0.3 is 4.74 Å². The van der Waals surface area contributed by atoms with Gasteiger partial charge in [0.25, 0.3) is 0 Å². The van der Waals surface area contributed by atoms with Crippen LogP contribution in [0.5, 0.6) is 5.75 Å². The van der Waals surface area contributed by atoms with Gasteiger partial charge in [0.15, 0.2) is 0 Å². The van der Waals surface area contributed by atoms with Crippen molar-refractivity contribution in [1.82, 2.24) is 9.78 Å². The van der Waals surface area contributed by atoms with E-state index in [1.165, 1.54) is 0 Å². The fraction of sp³-hybridized carbons (Fsp3) is 0.0417. The van der Waals surface area contributed by atoms with Gasteiger partial charge in [0, 0.05) is 5.56 Å². The highest BCUT2D eigenvalue weighted by molar-refractivity contribution is 5.72. The van der Waals surface area contributed by atoms with E-state index in [-0.39, 0.29) is 0 Å². The van der Waals surface area contributed by atoms with Crippen molar-refractivity contribution in [3.05, 3.63) is 102 Å². The fourth-order valence-electron chi connectivity index (χ4n) is 2.96. The molecule has 0 bridgehead atoms. The summed E-state index contributed by atoms with van der Waals surface area (Å²) in [5, 5.41) is 4.81. The number of rotatable bonds is 5. The molecule has 4 rings (SSSR count). The van der Waals surface area contributed by atoms with Crippen molar-refractivity contribution >= 4 is 12.2 Å². The maximum Gasteiger partial charge on any atom is 0.118 e. The van der Waals surface area contributed by atoms with Crippen molar-refractivity contribution in [2.24, 2.45) is 0 Å². The predicted molar refractivity (Wildman–Crippen MR) is 111 cm³/mol. The fourth-order valence-corrected chi connectivity index (χ4v) is 2.96. The Kier molecular flexibility index (Phi) is 4.84. The summed E-state index contributed by atoms with van der Waals surface area (Å²) >= 11 is 0. The lowest BCUT2D eigenvalue weighted by Crippen LogP contribution is -1.98. The minimum Gasteiger partial charge on any atom is -0.497 e. The van der Waals surface area contributed by atoms with Crippen LogP contribution < -0.4 is 4.74 Å². The summed E-state index contributed by atoms with van der Waals surface area (Å²) in [7, 11) is 1.68. The number of ether oxygens (including phenoxy) is 1. The first-order chi connectivity index (χ1) is 13.3. The molecule has 0 saturated carbocycles. The number of nitrogens with zero attached hydrogens (tertiary/aromatic N) is 2. The van der Waals surface area contributed by atoms with Crippen LogP contribution in [-0.2, 0) is 0 Å². The number of benzene rings is 3. The Bertz CT molecular complexity index is 1030. The summed E-state index contributed by atoms with van der Waals surface area (Å²) in [5.41, 5.74) is 5.22. The zero-order valence-electron chi connectivity index (χ0n) is 15.1. The molecular weight excluding hydrogens is 332 g/mol. The smallest absolute Gasteiger partial charge is 0.118 e. The lowest BCUT2D eigenvalue weighted by molar-refractivity contribution is 0.415. The third-order valence-corrected chi connectivity index (χ3v) is 4.36. The highest BCUT2D eigenvalue weighted by atomic mass is 16.5. The van der Waals surface area contributed by atoms with Crippen LogP contribution in [-0.4, -0.2) is 16.9 Å². The number of para-hydroxylation sites is 1. The SMILES string of the molecule is COc1ccc(-c2cc(/C=C/c3ccccc3)nn2-c2ccccc2)cc1. The van der Waals surface area contributed by atoms with Gasteiger partial charge in [0.1, 0.15) is 5.75 Å². The van der Waals surface area contributed by atoms with E-state index < -0.39 is 0 Å². The molecule has 0 amide bonds. The monoisotopic (exact) mass is 352 g/mol. The summed E-state index contributed by atoms with van der Waals surface area (Å²) in [5.74, 6) is 0.841. The van der Waals surface area contributed by atoms with Gasteiger partial charge in [-0.1, -0.05) is 54.6 Å². The third-order valence-electron chi connectivity index (χ3n) is 4.36. The molecule has 0 unspecified atom stereocenters. The standard InChI is InChI=1S/C24H20N2O/c1-27-23-16-13-20(14-17-23)24-18-21(15-12-19-8-4-2-5-9-19)25-26(24)22-10-6-3-7-11-22/h2-18H,1H3/b15-12+. The maximum atomic E-state index is 5.28. The second-order valence-corrected chi connectivity index (χ2v) is 6.17. The molecular formula is C24H20N2O. The predicted octanol–water partition coefficient (Wildman–Crippen LogP) is 5.72. The largest absolute Gasteiger partial charge is 0.497 e. The average Bonchev–Trinajstić information content (AvgIpc) is 3.18. The molecule has 0 radical (unpaired) electrons. The Balaban J connectivity index is 1.76. The number of hydrogen-bond acceptors (Lipinski definition) is 2. The van der Waals surface area contributed by atoms with Crippen molar-refractivity contribution in [3.8, 4) is 22.7 Å². The molecule has 1 heterocycles. The van der Waals surface area contributed by atoms with Gasteiger partial charge in [-0.15, -0.1) is 0 Å². The molecule has 27 heavy (non-hydrogen) atoms. The van der Waals surface area contributed by atoms with Crippen molar-refractivity contribution in [2.45, 2.75) is 0 Å². The summed E-state index contributed by atoms with van der Waals surface area (Å²) in [6.45, 7) is 0. The quantitative estimate of drug-likeness (QED) is 0.459. The second kappa shape index (κ2) is 7.75. The van der Waals surface area contributed by atoms with Crippen molar-refractivity contribution < 1.29 is 4.74 Å². The normalized spacial score (nSPS) is 11.0. The first-order valence-corrected chi connectivity index (χ1v) is 8.86. The van der Waals surface area contributed by atoms with Gasteiger partial charge in [-0.3, -0.25) is 0 Å². The Morgan fingerprint density at radius 2 is 1.44 bits per heavy atom. The first-order valence-electron chi connectivity index (χ1n) is 8.86. The van der Waals surface area contributed by atoms with Crippen LogP contribution in [0.25, 0.3) is 29.1 Å². The maximum absolute atomic E-state index is 5.28. The van der Waals surface area contributed by atoms with Gasteiger partial charge in [0.2, 0.25) is 0 Å². The van der Waals surface area contributed by atoms with Crippen LogP contribution in [0, 0.1) is 0 Å². The Morgan fingerprint density at radius 3 is 2.11 bits per heavy atom. The molecule has 3 heteroatoms. The number of aromatic nitrogens is 2. The first kappa shape index (κ1) is 16.9. The van der Waals surface area contributed by atoms with E-state index in [4.69, 9.17) is 9.84 Å². The van der Waals surface area contributed by atoms with E-state index in [1.54, 1.807) is 7.11 Å². The molecule has 0 aliphatic rings. The van der Waals surface area contributed by atoms with E-state index in [1.807, 2.05) is 59.3 Å². The molecule has 3 nitrogen and oxygen atoms in total. The molecule has 0 fully saturated rings. The molecule has 0 saturated heterocycles. The zero-order valence-corrected chi connectivity index (χ0v) is 15.1. The van der Waals surface area contributed by atoms with Crippen LogP contribution in [0.3, 0.4) is 0 Å². The summed E-state index contributed by atoms with van der Waals surface area (Å²) in [6.07, 6.45) is 4.12. The van der Waals surface area contributed by atoms with Crippen LogP contribution in [0.4, 0.5) is 0 Å². The number of methoxy groups -OCH3 is 1. The third kappa shape index (κ3) is 3.82. The molecule has 0 atom stereocenters. The molecule has 0 N–H and O–H groups in total. The topological polar surface area (TPSA) is 27.1 Å². The van der Waals surface area contributed by atoms with E-state index in [0.29, 0.717) is 0 Å². The Labute approximate surface area is 159 Å².